The predicted molar refractivity (Wildman–Crippen MR) is 129 cm³/mol. The summed E-state index contributed by atoms with van der Waals surface area (Å²) in [5.41, 5.74) is 2.21. The van der Waals surface area contributed by atoms with Gasteiger partial charge < -0.3 is 10.3 Å². The number of aryl methyl sites for hydroxylation is 1. The number of carbonyl (C=O) groups is 1. The van der Waals surface area contributed by atoms with Crippen molar-refractivity contribution in [2.75, 3.05) is 7.05 Å². The van der Waals surface area contributed by atoms with Crippen LogP contribution >= 0.6 is 0 Å². The van der Waals surface area contributed by atoms with Gasteiger partial charge >= 0.3 is 0 Å². The molecule has 7 nitrogen and oxygen atoms in total. The molecule has 0 radical (unpaired) electrons. The summed E-state index contributed by atoms with van der Waals surface area (Å²) >= 11 is 0. The zero-order valence-electron chi connectivity index (χ0n) is 18.9. The number of pyridine rings is 1. The van der Waals surface area contributed by atoms with Crippen molar-refractivity contribution in [3.63, 3.8) is 0 Å². The van der Waals surface area contributed by atoms with Gasteiger partial charge in [0.2, 0.25) is 15.6 Å². The SMILES string of the molecule is Cc1ccc(CNC(=O)c2cc(=O)[nH]c3ccc(S(=O)(=O)N(C)C4CCCCC4)cc23)cc1. The van der Waals surface area contributed by atoms with E-state index in [2.05, 4.69) is 10.3 Å². The molecule has 1 aromatic heterocycles. The van der Waals surface area contributed by atoms with Crippen LogP contribution in [0.2, 0.25) is 0 Å². The fourth-order valence-electron chi connectivity index (χ4n) is 4.37. The third kappa shape index (κ3) is 5.02. The molecule has 1 heterocycles. The minimum absolute atomic E-state index is 0.0210. The Morgan fingerprint density at radius 3 is 2.45 bits per heavy atom. The zero-order valence-corrected chi connectivity index (χ0v) is 19.7. The van der Waals surface area contributed by atoms with Crippen LogP contribution in [0.25, 0.3) is 10.9 Å². The molecule has 1 saturated carbocycles. The quantitative estimate of drug-likeness (QED) is 0.577. The van der Waals surface area contributed by atoms with Crippen molar-refractivity contribution in [3.05, 3.63) is 75.6 Å². The van der Waals surface area contributed by atoms with Gasteiger partial charge in [0.15, 0.2) is 0 Å². The molecule has 2 aromatic carbocycles. The molecule has 1 amide bonds. The molecule has 4 rings (SSSR count). The van der Waals surface area contributed by atoms with Crippen molar-refractivity contribution in [3.8, 4) is 0 Å². The van der Waals surface area contributed by atoms with E-state index in [1.165, 1.54) is 22.5 Å². The van der Waals surface area contributed by atoms with Gasteiger partial charge in [-0.3, -0.25) is 9.59 Å². The lowest BCUT2D eigenvalue weighted by molar-refractivity contribution is 0.0952. The van der Waals surface area contributed by atoms with Gasteiger partial charge in [0, 0.05) is 36.6 Å². The number of H-pyrrole nitrogens is 1. The number of benzene rings is 2. The number of hydrogen-bond donors (Lipinski definition) is 2. The minimum Gasteiger partial charge on any atom is -0.348 e. The van der Waals surface area contributed by atoms with Crippen molar-refractivity contribution in [1.29, 1.82) is 0 Å². The summed E-state index contributed by atoms with van der Waals surface area (Å²) in [4.78, 5) is 27.9. The predicted octanol–water partition coefficient (Wildman–Crippen LogP) is 3.72. The van der Waals surface area contributed by atoms with Crippen LogP contribution in [0, 0.1) is 6.92 Å². The molecule has 3 aromatic rings. The summed E-state index contributed by atoms with van der Waals surface area (Å²) in [6.45, 7) is 2.29. The van der Waals surface area contributed by atoms with Crippen molar-refractivity contribution >= 4 is 26.8 Å². The highest BCUT2D eigenvalue weighted by Gasteiger charge is 2.29. The molecular weight excluding hydrogens is 438 g/mol. The summed E-state index contributed by atoms with van der Waals surface area (Å²) in [5.74, 6) is -0.429. The van der Waals surface area contributed by atoms with Gasteiger partial charge in [-0.25, -0.2) is 8.42 Å². The highest BCUT2D eigenvalue weighted by Crippen LogP contribution is 2.28. The number of hydrogen-bond acceptors (Lipinski definition) is 4. The lowest BCUT2D eigenvalue weighted by Crippen LogP contribution is -2.38. The molecule has 0 saturated heterocycles. The maximum absolute atomic E-state index is 13.3. The Bertz CT molecular complexity index is 1320. The monoisotopic (exact) mass is 467 g/mol. The molecule has 33 heavy (non-hydrogen) atoms. The first kappa shape index (κ1) is 23.2. The highest BCUT2D eigenvalue weighted by atomic mass is 32.2. The van der Waals surface area contributed by atoms with E-state index in [0.29, 0.717) is 17.4 Å². The van der Waals surface area contributed by atoms with E-state index in [1.54, 1.807) is 13.1 Å². The molecule has 1 aliphatic carbocycles. The second kappa shape index (κ2) is 9.49. The van der Waals surface area contributed by atoms with Crippen molar-refractivity contribution in [1.82, 2.24) is 14.6 Å². The van der Waals surface area contributed by atoms with Gasteiger partial charge in [0.25, 0.3) is 5.91 Å². The zero-order chi connectivity index (χ0) is 23.6. The van der Waals surface area contributed by atoms with Gasteiger partial charge in [0.05, 0.1) is 10.5 Å². The van der Waals surface area contributed by atoms with Crippen molar-refractivity contribution in [2.45, 2.75) is 56.5 Å². The molecule has 0 unspecified atom stereocenters. The van der Waals surface area contributed by atoms with Crippen LogP contribution in [0.15, 0.2) is 58.2 Å². The van der Waals surface area contributed by atoms with Crippen LogP contribution < -0.4 is 10.9 Å². The fraction of sp³-hybridized carbons (Fsp3) is 0.360. The number of nitrogens with zero attached hydrogens (tertiary/aromatic N) is 1. The summed E-state index contributed by atoms with van der Waals surface area (Å²) in [5, 5.41) is 3.23. The average molecular weight is 468 g/mol. The molecule has 1 aliphatic rings. The first-order valence-electron chi connectivity index (χ1n) is 11.2. The topological polar surface area (TPSA) is 99.3 Å². The smallest absolute Gasteiger partial charge is 0.252 e. The van der Waals surface area contributed by atoms with Gasteiger partial charge in [0.1, 0.15) is 0 Å². The van der Waals surface area contributed by atoms with Gasteiger partial charge in [-0.2, -0.15) is 4.31 Å². The Kier molecular flexibility index (Phi) is 6.67. The first-order valence-corrected chi connectivity index (χ1v) is 12.7. The van der Waals surface area contributed by atoms with Crippen LogP contribution in [0.5, 0.6) is 0 Å². The normalized spacial score (nSPS) is 15.1. The van der Waals surface area contributed by atoms with Crippen molar-refractivity contribution in [2.24, 2.45) is 0 Å². The van der Waals surface area contributed by atoms with E-state index < -0.39 is 21.5 Å². The molecule has 0 spiro atoms. The molecule has 2 N–H and O–H groups in total. The highest BCUT2D eigenvalue weighted by molar-refractivity contribution is 7.89. The molecule has 174 valence electrons. The summed E-state index contributed by atoms with van der Waals surface area (Å²) in [6.07, 6.45) is 4.88. The Morgan fingerprint density at radius 2 is 1.76 bits per heavy atom. The van der Waals surface area contributed by atoms with Gasteiger partial charge in [-0.05, 0) is 43.5 Å². The maximum Gasteiger partial charge on any atom is 0.252 e. The molecule has 0 atom stereocenters. The standard InChI is InChI=1S/C25H29N3O4S/c1-17-8-10-18(11-9-17)16-26-25(30)22-15-24(29)27-23-13-12-20(14-21(22)23)33(31,32)28(2)19-6-4-3-5-7-19/h8-15,19H,3-7,16H2,1-2H3,(H,26,30)(H,27,29). The van der Waals surface area contributed by atoms with E-state index in [0.717, 1.165) is 43.2 Å². The number of sulfonamides is 1. The molecule has 8 heteroatoms. The third-order valence-electron chi connectivity index (χ3n) is 6.40. The Balaban J connectivity index is 1.65. The lowest BCUT2D eigenvalue weighted by Gasteiger charge is -2.30. The summed E-state index contributed by atoms with van der Waals surface area (Å²) in [7, 11) is -2.11. The van der Waals surface area contributed by atoms with Crippen LogP contribution in [0.4, 0.5) is 0 Å². The van der Waals surface area contributed by atoms with Crippen LogP contribution in [-0.2, 0) is 16.6 Å². The Hall–Kier alpha value is -2.97. The minimum atomic E-state index is -3.73. The van der Waals surface area contributed by atoms with Crippen LogP contribution in [0.1, 0.15) is 53.6 Å². The number of amides is 1. The lowest BCUT2D eigenvalue weighted by atomic mass is 9.96. The fourth-order valence-corrected chi connectivity index (χ4v) is 5.81. The number of fused-ring (bicyclic) bond motifs is 1. The van der Waals surface area contributed by atoms with Gasteiger partial charge in [-0.15, -0.1) is 0 Å². The van der Waals surface area contributed by atoms with E-state index >= 15 is 0 Å². The average Bonchev–Trinajstić information content (AvgIpc) is 2.82. The second-order valence-electron chi connectivity index (χ2n) is 8.74. The summed E-state index contributed by atoms with van der Waals surface area (Å²) in [6, 6.07) is 13.5. The van der Waals surface area contributed by atoms with Crippen molar-refractivity contribution < 1.29 is 13.2 Å². The number of aromatic nitrogens is 1. The number of rotatable bonds is 6. The molecule has 1 fully saturated rings. The largest absolute Gasteiger partial charge is 0.348 e. The number of aromatic amines is 1. The Morgan fingerprint density at radius 1 is 1.06 bits per heavy atom. The Labute approximate surface area is 193 Å². The van der Waals surface area contributed by atoms with Crippen LogP contribution in [0.3, 0.4) is 0 Å². The van der Waals surface area contributed by atoms with E-state index in [1.807, 2.05) is 31.2 Å². The maximum atomic E-state index is 13.3. The van der Waals surface area contributed by atoms with E-state index in [9.17, 15) is 18.0 Å². The molecule has 0 aliphatic heterocycles. The molecular formula is C25H29N3O4S. The van der Waals surface area contributed by atoms with E-state index in [4.69, 9.17) is 0 Å². The molecule has 0 bridgehead atoms. The van der Waals surface area contributed by atoms with Gasteiger partial charge in [-0.1, -0.05) is 49.1 Å². The third-order valence-corrected chi connectivity index (χ3v) is 8.30. The van der Waals surface area contributed by atoms with E-state index in [-0.39, 0.29) is 16.5 Å². The van der Waals surface area contributed by atoms with Crippen LogP contribution in [-0.4, -0.2) is 36.7 Å². The number of nitrogens with one attached hydrogen (secondary N) is 2. The number of carbonyl (C=O) groups excluding carboxylic acids is 1. The summed E-state index contributed by atoms with van der Waals surface area (Å²) < 4.78 is 28.1. The second-order valence-corrected chi connectivity index (χ2v) is 10.7. The first-order chi connectivity index (χ1) is 15.8.